The minimum atomic E-state index is -0.280. The number of hydrogen-bond donors (Lipinski definition) is 1. The molecule has 2 aromatic rings. The van der Waals surface area contributed by atoms with Gasteiger partial charge in [0.2, 0.25) is 0 Å². The minimum absolute atomic E-state index is 0.248. The number of imidazole rings is 1. The van der Waals surface area contributed by atoms with Gasteiger partial charge in [0, 0.05) is 13.6 Å². The van der Waals surface area contributed by atoms with Crippen molar-refractivity contribution in [3.63, 3.8) is 0 Å². The van der Waals surface area contributed by atoms with Crippen LogP contribution in [0.2, 0.25) is 0 Å². The molecule has 0 aliphatic rings. The third-order valence-electron chi connectivity index (χ3n) is 1.77. The van der Waals surface area contributed by atoms with Crippen molar-refractivity contribution >= 4 is 5.65 Å². The van der Waals surface area contributed by atoms with Gasteiger partial charge in [-0.3, -0.25) is 0 Å². The largest absolute Gasteiger partial charge is 0.352 e. The van der Waals surface area contributed by atoms with Crippen molar-refractivity contribution in [1.29, 1.82) is 0 Å². The molecule has 0 spiro atoms. The molecule has 0 aromatic carbocycles. The van der Waals surface area contributed by atoms with E-state index in [-0.39, 0.29) is 12.2 Å². The minimum Gasteiger partial charge on any atom is -0.325 e. The monoisotopic (exact) mass is 180 g/mol. The van der Waals surface area contributed by atoms with Crippen LogP contribution in [0.1, 0.15) is 5.69 Å². The topological polar surface area (TPSA) is 91.1 Å². The highest BCUT2D eigenvalue weighted by Gasteiger charge is 2.07. The molecule has 0 aliphatic heterocycles. The molecule has 0 atom stereocenters. The van der Waals surface area contributed by atoms with Crippen LogP contribution in [0.5, 0.6) is 0 Å². The Morgan fingerprint density at radius 2 is 2.38 bits per heavy atom. The van der Waals surface area contributed by atoms with E-state index in [0.717, 1.165) is 4.68 Å². The quantitative estimate of drug-likeness (QED) is 0.563. The lowest BCUT2D eigenvalue weighted by Gasteiger charge is -1.95. The Hall–Kier alpha value is -1.76. The van der Waals surface area contributed by atoms with Crippen molar-refractivity contribution in [1.82, 2.24) is 24.4 Å². The Kier molecular flexibility index (Phi) is 1.59. The van der Waals surface area contributed by atoms with Gasteiger partial charge in [-0.25, -0.2) is 14.2 Å². The molecule has 0 unspecified atom stereocenters. The summed E-state index contributed by atoms with van der Waals surface area (Å²) in [6, 6.07) is 0. The second-order valence-corrected chi connectivity index (χ2v) is 2.58. The van der Waals surface area contributed by atoms with Crippen LogP contribution in [0.15, 0.2) is 11.1 Å². The van der Waals surface area contributed by atoms with Crippen LogP contribution in [0.4, 0.5) is 0 Å². The second-order valence-electron chi connectivity index (χ2n) is 2.58. The summed E-state index contributed by atoms with van der Waals surface area (Å²) in [5.74, 6) is 0. The number of aromatic nitrogens is 5. The molecular formula is C6H8N6O. The molecule has 7 heteroatoms. The lowest BCUT2D eigenvalue weighted by Crippen LogP contribution is -2.27. The molecular weight excluding hydrogens is 172 g/mol. The molecule has 68 valence electrons. The first-order chi connectivity index (χ1) is 6.24. The third-order valence-corrected chi connectivity index (χ3v) is 1.77. The highest BCUT2D eigenvalue weighted by atomic mass is 16.2. The van der Waals surface area contributed by atoms with Crippen LogP contribution in [-0.4, -0.2) is 24.4 Å². The fourth-order valence-electron chi connectivity index (χ4n) is 1.07. The van der Waals surface area contributed by atoms with Gasteiger partial charge in [0.15, 0.2) is 5.65 Å². The smallest absolute Gasteiger partial charge is 0.325 e. The van der Waals surface area contributed by atoms with Crippen molar-refractivity contribution < 1.29 is 0 Å². The number of nitrogens with zero attached hydrogens (tertiary/aromatic N) is 5. The molecule has 0 aliphatic carbocycles. The van der Waals surface area contributed by atoms with Crippen LogP contribution in [0.3, 0.4) is 0 Å². The Labute approximate surface area is 72.8 Å². The average Bonchev–Trinajstić information content (AvgIpc) is 2.55. The summed E-state index contributed by atoms with van der Waals surface area (Å²) in [5.41, 5.74) is 6.11. The summed E-state index contributed by atoms with van der Waals surface area (Å²) in [4.78, 5) is 15.3. The number of hydrogen-bond acceptors (Lipinski definition) is 5. The fraction of sp³-hybridized carbons (Fsp3) is 0.333. The van der Waals surface area contributed by atoms with E-state index in [4.69, 9.17) is 5.73 Å². The third kappa shape index (κ3) is 1.01. The van der Waals surface area contributed by atoms with E-state index in [9.17, 15) is 4.79 Å². The van der Waals surface area contributed by atoms with Gasteiger partial charge in [-0.15, -0.1) is 5.10 Å². The summed E-state index contributed by atoms with van der Waals surface area (Å²) in [6.45, 7) is 0.248. The van der Waals surface area contributed by atoms with Crippen molar-refractivity contribution in [2.24, 2.45) is 12.8 Å². The summed E-state index contributed by atoms with van der Waals surface area (Å²) in [5, 5.41) is 7.43. The first-order valence-electron chi connectivity index (χ1n) is 3.70. The Morgan fingerprint density at radius 1 is 1.62 bits per heavy atom. The van der Waals surface area contributed by atoms with Crippen LogP contribution in [0.25, 0.3) is 5.65 Å². The molecule has 13 heavy (non-hydrogen) atoms. The Balaban J connectivity index is 2.89. The zero-order chi connectivity index (χ0) is 9.42. The van der Waals surface area contributed by atoms with Crippen molar-refractivity contribution in [3.05, 3.63) is 22.5 Å². The molecule has 0 radical (unpaired) electrons. The average molecular weight is 180 g/mol. The molecule has 0 amide bonds. The number of fused-ring (bicyclic) bond motifs is 1. The van der Waals surface area contributed by atoms with Gasteiger partial charge in [0.05, 0.1) is 0 Å². The van der Waals surface area contributed by atoms with Crippen molar-refractivity contribution in [3.8, 4) is 0 Å². The molecule has 2 heterocycles. The highest BCUT2D eigenvalue weighted by Crippen LogP contribution is 1.99. The first-order valence-corrected chi connectivity index (χ1v) is 3.70. The Morgan fingerprint density at radius 3 is 3.08 bits per heavy atom. The summed E-state index contributed by atoms with van der Waals surface area (Å²) in [7, 11) is 1.52. The molecule has 2 N–H and O–H groups in total. The maximum atomic E-state index is 11.4. The Bertz CT molecular complexity index is 497. The van der Waals surface area contributed by atoms with Gasteiger partial charge in [-0.2, -0.15) is 4.68 Å². The van der Waals surface area contributed by atoms with E-state index in [1.807, 2.05) is 0 Å². The zero-order valence-electron chi connectivity index (χ0n) is 7.01. The zero-order valence-corrected chi connectivity index (χ0v) is 7.01. The van der Waals surface area contributed by atoms with Crippen LogP contribution < -0.4 is 11.4 Å². The van der Waals surface area contributed by atoms with Crippen LogP contribution >= 0.6 is 0 Å². The van der Waals surface area contributed by atoms with E-state index >= 15 is 0 Å². The maximum absolute atomic E-state index is 11.4. The number of nitrogens with two attached hydrogens (primary N) is 1. The van der Waals surface area contributed by atoms with E-state index in [1.165, 1.54) is 17.8 Å². The van der Waals surface area contributed by atoms with E-state index in [2.05, 4.69) is 15.3 Å². The number of rotatable bonds is 1. The van der Waals surface area contributed by atoms with Gasteiger partial charge in [-0.1, -0.05) is 5.21 Å². The lowest BCUT2D eigenvalue weighted by atomic mass is 10.5. The predicted molar refractivity (Wildman–Crippen MR) is 43.9 cm³/mol. The van der Waals surface area contributed by atoms with Crippen LogP contribution in [0, 0.1) is 0 Å². The van der Waals surface area contributed by atoms with Crippen molar-refractivity contribution in [2.75, 3.05) is 0 Å². The fourth-order valence-corrected chi connectivity index (χ4v) is 1.07. The van der Waals surface area contributed by atoms with Gasteiger partial charge in [0.1, 0.15) is 12.0 Å². The maximum Gasteiger partial charge on any atom is 0.352 e. The summed E-state index contributed by atoms with van der Waals surface area (Å²) >= 11 is 0. The standard InChI is InChI=1S/C6H8N6O/c1-11-6(13)12-3-8-4(2-7)5(12)9-10-11/h3H,2,7H2,1H3. The molecule has 0 saturated heterocycles. The normalized spacial score (nSPS) is 10.9. The highest BCUT2D eigenvalue weighted by molar-refractivity contribution is 5.41. The van der Waals surface area contributed by atoms with Crippen LogP contribution in [-0.2, 0) is 13.6 Å². The van der Waals surface area contributed by atoms with Crippen molar-refractivity contribution in [2.45, 2.75) is 6.54 Å². The first kappa shape index (κ1) is 7.87. The molecule has 7 nitrogen and oxygen atoms in total. The molecule has 2 aromatic heterocycles. The van der Waals surface area contributed by atoms with Gasteiger partial charge in [0.25, 0.3) is 0 Å². The number of aryl methyl sites for hydroxylation is 1. The van der Waals surface area contributed by atoms with E-state index in [0.29, 0.717) is 11.3 Å². The molecule has 0 saturated carbocycles. The van der Waals surface area contributed by atoms with Gasteiger partial charge >= 0.3 is 5.69 Å². The van der Waals surface area contributed by atoms with Gasteiger partial charge in [-0.05, 0) is 0 Å². The SMILES string of the molecule is Cn1nnc2c(CN)ncn2c1=O. The molecule has 0 bridgehead atoms. The second kappa shape index (κ2) is 2.63. The lowest BCUT2D eigenvalue weighted by molar-refractivity contribution is 0.606. The van der Waals surface area contributed by atoms with E-state index < -0.39 is 0 Å². The van der Waals surface area contributed by atoms with E-state index in [1.54, 1.807) is 0 Å². The summed E-state index contributed by atoms with van der Waals surface area (Å²) < 4.78 is 2.45. The molecule has 0 fully saturated rings. The molecule has 2 rings (SSSR count). The summed E-state index contributed by atoms with van der Waals surface area (Å²) in [6.07, 6.45) is 1.40. The predicted octanol–water partition coefficient (Wildman–Crippen LogP) is -1.72. The van der Waals surface area contributed by atoms with Gasteiger partial charge < -0.3 is 5.73 Å².